The van der Waals surface area contributed by atoms with Crippen molar-refractivity contribution in [3.05, 3.63) is 21.3 Å². The summed E-state index contributed by atoms with van der Waals surface area (Å²) in [7, 11) is 0. The van der Waals surface area contributed by atoms with Crippen LogP contribution in [0.15, 0.2) is 11.4 Å². The second kappa shape index (κ2) is 4.64. The van der Waals surface area contributed by atoms with Crippen LogP contribution in [-0.4, -0.2) is 18.4 Å². The van der Waals surface area contributed by atoms with E-state index in [1.807, 2.05) is 5.38 Å². The number of carbonyl (C=O) groups is 1. The molecule has 0 spiro atoms. The molecule has 1 aromatic rings. The molecule has 0 bridgehead atoms. The maximum Gasteiger partial charge on any atom is 0.178 e. The van der Waals surface area contributed by atoms with Crippen LogP contribution < -0.4 is 5.32 Å². The molecule has 0 amide bonds. The lowest BCUT2D eigenvalue weighted by atomic mass is 9.91. The largest absolute Gasteiger partial charge is 0.314 e. The van der Waals surface area contributed by atoms with Crippen molar-refractivity contribution in [1.29, 1.82) is 0 Å². The van der Waals surface area contributed by atoms with Crippen LogP contribution in [0.25, 0.3) is 0 Å². The number of ketones is 1. The average molecular weight is 244 g/mol. The van der Waals surface area contributed by atoms with Crippen LogP contribution in [-0.2, 0) is 0 Å². The molecule has 2 heterocycles. The smallest absolute Gasteiger partial charge is 0.178 e. The fourth-order valence-electron chi connectivity index (χ4n) is 1.88. The Morgan fingerprint density at radius 3 is 2.93 bits per heavy atom. The van der Waals surface area contributed by atoms with E-state index in [-0.39, 0.29) is 11.7 Å². The van der Waals surface area contributed by atoms with Gasteiger partial charge in [0.2, 0.25) is 0 Å². The number of nitrogens with one attached hydrogen (secondary N) is 1. The fraction of sp³-hybridized carbons (Fsp3) is 0.545. The first kappa shape index (κ1) is 11.1. The topological polar surface area (TPSA) is 29.1 Å². The Balaban J connectivity index is 2.06. The summed E-state index contributed by atoms with van der Waals surface area (Å²) in [6, 6.07) is 2.33. The lowest BCUT2D eigenvalue weighted by Gasteiger charge is -2.26. The fourth-order valence-corrected chi connectivity index (χ4v) is 3.05. The molecule has 2 unspecified atom stereocenters. The van der Waals surface area contributed by atoms with Crippen LogP contribution in [0.1, 0.15) is 29.4 Å². The Kier molecular flexibility index (Phi) is 3.44. The Labute approximate surface area is 98.6 Å². The van der Waals surface area contributed by atoms with Crippen LogP contribution in [0.2, 0.25) is 5.02 Å². The zero-order valence-corrected chi connectivity index (χ0v) is 10.2. The Hall–Kier alpha value is -0.380. The molecule has 1 aromatic heterocycles. The lowest BCUT2D eigenvalue weighted by Crippen LogP contribution is -2.39. The van der Waals surface area contributed by atoms with Crippen LogP contribution in [0.5, 0.6) is 0 Å². The molecule has 2 rings (SSSR count). The molecule has 15 heavy (non-hydrogen) atoms. The van der Waals surface area contributed by atoms with Gasteiger partial charge in [0.25, 0.3) is 0 Å². The monoisotopic (exact) mass is 243 g/mol. The molecular weight excluding hydrogens is 230 g/mol. The Morgan fingerprint density at radius 2 is 2.40 bits per heavy atom. The zero-order chi connectivity index (χ0) is 10.8. The second-order valence-electron chi connectivity index (χ2n) is 4.05. The molecule has 4 heteroatoms. The quantitative estimate of drug-likeness (QED) is 0.810. The van der Waals surface area contributed by atoms with Gasteiger partial charge in [-0.3, -0.25) is 4.79 Å². The van der Waals surface area contributed by atoms with Gasteiger partial charge in [0.15, 0.2) is 5.78 Å². The van der Waals surface area contributed by atoms with Crippen LogP contribution >= 0.6 is 22.9 Å². The molecule has 2 nitrogen and oxygen atoms in total. The number of hydrogen-bond donors (Lipinski definition) is 1. The van der Waals surface area contributed by atoms with E-state index in [2.05, 4.69) is 12.2 Å². The third-order valence-corrected chi connectivity index (χ3v) is 4.23. The first-order chi connectivity index (χ1) is 7.18. The maximum atomic E-state index is 12.1. The minimum absolute atomic E-state index is 0.109. The van der Waals surface area contributed by atoms with E-state index in [0.717, 1.165) is 24.3 Å². The van der Waals surface area contributed by atoms with Crippen molar-refractivity contribution >= 4 is 28.7 Å². The number of halogens is 1. The van der Waals surface area contributed by atoms with E-state index >= 15 is 0 Å². The average Bonchev–Trinajstić information content (AvgIpc) is 2.65. The van der Waals surface area contributed by atoms with Crippen molar-refractivity contribution in [2.75, 3.05) is 6.54 Å². The number of Topliss-reactive ketones (excluding diaryl/α,β-unsaturated/α-hetero) is 1. The van der Waals surface area contributed by atoms with E-state index in [9.17, 15) is 4.79 Å². The second-order valence-corrected chi connectivity index (χ2v) is 5.37. The summed E-state index contributed by atoms with van der Waals surface area (Å²) in [6.07, 6.45) is 2.04. The number of hydrogen-bond acceptors (Lipinski definition) is 3. The predicted octanol–water partition coefficient (Wildman–Crippen LogP) is 2.97. The van der Waals surface area contributed by atoms with Crippen molar-refractivity contribution < 1.29 is 4.79 Å². The molecule has 1 N–H and O–H groups in total. The highest BCUT2D eigenvalue weighted by Crippen LogP contribution is 2.27. The molecule has 0 aliphatic carbocycles. The first-order valence-electron chi connectivity index (χ1n) is 5.19. The minimum atomic E-state index is 0.109. The summed E-state index contributed by atoms with van der Waals surface area (Å²) in [5, 5.41) is 5.81. The Bertz CT molecular complexity index is 355. The van der Waals surface area contributed by atoms with Gasteiger partial charge in [0, 0.05) is 18.5 Å². The molecule has 1 fully saturated rings. The molecule has 0 aromatic carbocycles. The van der Waals surface area contributed by atoms with Gasteiger partial charge in [0.1, 0.15) is 0 Å². The van der Waals surface area contributed by atoms with E-state index in [4.69, 9.17) is 11.6 Å². The first-order valence-corrected chi connectivity index (χ1v) is 6.45. The third kappa shape index (κ3) is 2.41. The van der Waals surface area contributed by atoms with Gasteiger partial charge in [-0.2, -0.15) is 0 Å². The standard InChI is InChI=1S/C11H14ClNOS/c1-7-2-3-8(6-13-7)10(14)11-9(12)4-5-15-11/h4-5,7-8,13H,2-3,6H2,1H3. The van der Waals surface area contributed by atoms with Crippen molar-refractivity contribution in [2.45, 2.75) is 25.8 Å². The highest BCUT2D eigenvalue weighted by atomic mass is 35.5. The molecule has 82 valence electrons. The predicted molar refractivity (Wildman–Crippen MR) is 63.8 cm³/mol. The zero-order valence-electron chi connectivity index (χ0n) is 8.63. The summed E-state index contributed by atoms with van der Waals surface area (Å²) in [4.78, 5) is 12.8. The highest BCUT2D eigenvalue weighted by molar-refractivity contribution is 7.12. The third-order valence-electron chi connectivity index (χ3n) is 2.87. The number of carbonyl (C=O) groups excluding carboxylic acids is 1. The van der Waals surface area contributed by atoms with Gasteiger partial charge < -0.3 is 5.32 Å². The molecular formula is C11H14ClNOS. The SMILES string of the molecule is CC1CCC(C(=O)c2sccc2Cl)CN1. The number of thiophene rings is 1. The lowest BCUT2D eigenvalue weighted by molar-refractivity contribution is 0.0895. The highest BCUT2D eigenvalue weighted by Gasteiger charge is 2.26. The van der Waals surface area contributed by atoms with Gasteiger partial charge in [0.05, 0.1) is 9.90 Å². The van der Waals surface area contributed by atoms with Gasteiger partial charge >= 0.3 is 0 Å². The molecule has 0 radical (unpaired) electrons. The summed E-state index contributed by atoms with van der Waals surface area (Å²) in [5.74, 6) is 0.312. The van der Waals surface area contributed by atoms with E-state index in [1.54, 1.807) is 6.07 Å². The molecule has 2 atom stereocenters. The summed E-state index contributed by atoms with van der Waals surface area (Å²) < 4.78 is 0. The van der Waals surface area contributed by atoms with Gasteiger partial charge in [-0.1, -0.05) is 11.6 Å². The molecule has 0 saturated carbocycles. The van der Waals surface area contributed by atoms with Gasteiger partial charge in [-0.15, -0.1) is 11.3 Å². The molecule has 1 aliphatic rings. The van der Waals surface area contributed by atoms with Gasteiger partial charge in [-0.25, -0.2) is 0 Å². The maximum absolute atomic E-state index is 12.1. The van der Waals surface area contributed by atoms with Crippen molar-refractivity contribution in [2.24, 2.45) is 5.92 Å². The van der Waals surface area contributed by atoms with Crippen molar-refractivity contribution in [3.8, 4) is 0 Å². The van der Waals surface area contributed by atoms with E-state index in [1.165, 1.54) is 11.3 Å². The molecule has 1 saturated heterocycles. The van der Waals surface area contributed by atoms with Gasteiger partial charge in [-0.05, 0) is 31.2 Å². The van der Waals surface area contributed by atoms with Crippen LogP contribution in [0, 0.1) is 5.92 Å². The van der Waals surface area contributed by atoms with Crippen molar-refractivity contribution in [3.63, 3.8) is 0 Å². The number of rotatable bonds is 2. The number of piperidine rings is 1. The van der Waals surface area contributed by atoms with Crippen LogP contribution in [0.4, 0.5) is 0 Å². The molecule has 1 aliphatic heterocycles. The normalized spacial score (nSPS) is 26.5. The summed E-state index contributed by atoms with van der Waals surface area (Å²) >= 11 is 7.39. The minimum Gasteiger partial charge on any atom is -0.314 e. The van der Waals surface area contributed by atoms with E-state index in [0.29, 0.717) is 11.1 Å². The summed E-state index contributed by atoms with van der Waals surface area (Å²) in [5.41, 5.74) is 0. The summed E-state index contributed by atoms with van der Waals surface area (Å²) in [6.45, 7) is 2.94. The Morgan fingerprint density at radius 1 is 1.60 bits per heavy atom. The van der Waals surface area contributed by atoms with Crippen LogP contribution in [0.3, 0.4) is 0 Å². The van der Waals surface area contributed by atoms with Crippen molar-refractivity contribution in [1.82, 2.24) is 5.32 Å². The van der Waals surface area contributed by atoms with E-state index < -0.39 is 0 Å².